The van der Waals surface area contributed by atoms with Gasteiger partial charge in [0.2, 0.25) is 0 Å². The number of anilines is 1. The zero-order valence-electron chi connectivity index (χ0n) is 10.2. The molecule has 5 heteroatoms. The number of hydrogen-bond donors (Lipinski definition) is 1. The molecule has 0 amide bonds. The highest BCUT2D eigenvalue weighted by atomic mass is 19.4. The molecule has 0 bridgehead atoms. The van der Waals surface area contributed by atoms with Gasteiger partial charge in [-0.2, -0.15) is 13.2 Å². The summed E-state index contributed by atoms with van der Waals surface area (Å²) in [6.45, 7) is 0. The van der Waals surface area contributed by atoms with Crippen LogP contribution in [0.25, 0.3) is 11.1 Å². The number of alkyl halides is 3. The summed E-state index contributed by atoms with van der Waals surface area (Å²) in [5.41, 5.74) is 5.70. The second-order valence-corrected chi connectivity index (χ2v) is 4.00. The van der Waals surface area contributed by atoms with E-state index in [1.165, 1.54) is 25.3 Å². The number of nitrogens with two attached hydrogens (primary N) is 1. The van der Waals surface area contributed by atoms with Gasteiger partial charge in [-0.05, 0) is 29.8 Å². The van der Waals surface area contributed by atoms with Crippen LogP contribution in [0.1, 0.15) is 5.56 Å². The van der Waals surface area contributed by atoms with Gasteiger partial charge in [0.05, 0.1) is 12.7 Å². The Bertz CT molecular complexity index is 593. The van der Waals surface area contributed by atoms with Gasteiger partial charge in [0, 0.05) is 11.3 Å². The van der Waals surface area contributed by atoms with Crippen LogP contribution >= 0.6 is 0 Å². The maximum absolute atomic E-state index is 13.0. The topological polar surface area (TPSA) is 35.2 Å². The second-order valence-electron chi connectivity index (χ2n) is 4.00. The van der Waals surface area contributed by atoms with E-state index in [0.717, 1.165) is 6.07 Å². The molecule has 2 rings (SSSR count). The third-order valence-electron chi connectivity index (χ3n) is 2.75. The van der Waals surface area contributed by atoms with Gasteiger partial charge in [-0.25, -0.2) is 0 Å². The molecule has 0 aliphatic rings. The van der Waals surface area contributed by atoms with E-state index < -0.39 is 11.7 Å². The molecule has 2 aromatic carbocycles. The Balaban J connectivity index is 2.69. The van der Waals surface area contributed by atoms with Crippen molar-refractivity contribution < 1.29 is 17.9 Å². The molecule has 0 aliphatic carbocycles. The molecule has 0 spiro atoms. The Labute approximate surface area is 108 Å². The summed E-state index contributed by atoms with van der Waals surface area (Å²) in [6, 6.07) is 9.95. The quantitative estimate of drug-likeness (QED) is 0.836. The predicted molar refractivity (Wildman–Crippen MR) is 67.8 cm³/mol. The van der Waals surface area contributed by atoms with Crippen LogP contribution in [0.2, 0.25) is 0 Å². The van der Waals surface area contributed by atoms with Crippen LogP contribution in [0.5, 0.6) is 5.75 Å². The van der Waals surface area contributed by atoms with Gasteiger partial charge in [-0.15, -0.1) is 0 Å². The van der Waals surface area contributed by atoms with Crippen LogP contribution in [0.15, 0.2) is 42.5 Å². The lowest BCUT2D eigenvalue weighted by atomic mass is 9.98. The first-order valence-electron chi connectivity index (χ1n) is 5.53. The average Bonchev–Trinajstić information content (AvgIpc) is 2.37. The number of ether oxygens (including phenoxy) is 1. The highest BCUT2D eigenvalue weighted by Crippen LogP contribution is 2.40. The van der Waals surface area contributed by atoms with Crippen molar-refractivity contribution in [2.75, 3.05) is 12.8 Å². The fraction of sp³-hybridized carbons (Fsp3) is 0.143. The van der Waals surface area contributed by atoms with E-state index >= 15 is 0 Å². The normalized spacial score (nSPS) is 11.4. The van der Waals surface area contributed by atoms with Crippen molar-refractivity contribution in [2.24, 2.45) is 0 Å². The lowest BCUT2D eigenvalue weighted by Crippen LogP contribution is -2.07. The molecule has 0 aromatic heterocycles. The molecule has 2 N–H and O–H groups in total. The maximum Gasteiger partial charge on any atom is 0.417 e. The van der Waals surface area contributed by atoms with E-state index in [1.54, 1.807) is 18.2 Å². The monoisotopic (exact) mass is 267 g/mol. The standard InChI is InChI=1S/C14H12F3NO/c1-19-13-7-6-9(18)8-11(13)10-4-2-3-5-12(10)14(15,16)17/h2-8H,18H2,1H3. The molecule has 19 heavy (non-hydrogen) atoms. The number of nitrogen functional groups attached to an aromatic ring is 1. The lowest BCUT2D eigenvalue weighted by Gasteiger charge is -2.15. The molecule has 0 saturated heterocycles. The van der Waals surface area contributed by atoms with Crippen LogP contribution in [0.3, 0.4) is 0 Å². The number of benzene rings is 2. The van der Waals surface area contributed by atoms with E-state index in [1.807, 2.05) is 0 Å². The van der Waals surface area contributed by atoms with Gasteiger partial charge in [-0.1, -0.05) is 18.2 Å². The molecule has 2 aromatic rings. The van der Waals surface area contributed by atoms with Gasteiger partial charge in [0.15, 0.2) is 0 Å². The van der Waals surface area contributed by atoms with Gasteiger partial charge in [0.1, 0.15) is 5.75 Å². The molecule has 2 nitrogen and oxygen atoms in total. The van der Waals surface area contributed by atoms with Crippen molar-refractivity contribution in [2.45, 2.75) is 6.18 Å². The summed E-state index contributed by atoms with van der Waals surface area (Å²) in [4.78, 5) is 0. The van der Waals surface area contributed by atoms with Gasteiger partial charge in [-0.3, -0.25) is 0 Å². The van der Waals surface area contributed by atoms with Crippen LogP contribution in [0.4, 0.5) is 18.9 Å². The van der Waals surface area contributed by atoms with E-state index in [2.05, 4.69) is 0 Å². The lowest BCUT2D eigenvalue weighted by molar-refractivity contribution is -0.137. The largest absolute Gasteiger partial charge is 0.496 e. The van der Waals surface area contributed by atoms with Crippen LogP contribution in [-0.4, -0.2) is 7.11 Å². The van der Waals surface area contributed by atoms with E-state index in [4.69, 9.17) is 10.5 Å². The second kappa shape index (κ2) is 4.84. The Morgan fingerprint density at radius 2 is 1.68 bits per heavy atom. The van der Waals surface area contributed by atoms with Crippen molar-refractivity contribution in [3.05, 3.63) is 48.0 Å². The number of halogens is 3. The van der Waals surface area contributed by atoms with E-state index in [-0.39, 0.29) is 5.56 Å². The smallest absolute Gasteiger partial charge is 0.417 e. The molecule has 0 fully saturated rings. The molecule has 0 atom stereocenters. The minimum absolute atomic E-state index is 0.0548. The molecular formula is C14H12F3NO. The highest BCUT2D eigenvalue weighted by molar-refractivity contribution is 5.76. The Morgan fingerprint density at radius 3 is 2.32 bits per heavy atom. The number of rotatable bonds is 2. The summed E-state index contributed by atoms with van der Waals surface area (Å²) < 4.78 is 44.1. The number of hydrogen-bond acceptors (Lipinski definition) is 2. The van der Waals surface area contributed by atoms with Crippen LogP contribution in [0, 0.1) is 0 Å². The average molecular weight is 267 g/mol. The summed E-state index contributed by atoms with van der Waals surface area (Å²) in [5.74, 6) is 0.353. The van der Waals surface area contributed by atoms with Crippen LogP contribution in [-0.2, 0) is 6.18 Å². The third kappa shape index (κ3) is 2.65. The van der Waals surface area contributed by atoms with Gasteiger partial charge < -0.3 is 10.5 Å². The van der Waals surface area contributed by atoms with Crippen molar-refractivity contribution in [1.29, 1.82) is 0 Å². The Morgan fingerprint density at radius 1 is 1.00 bits per heavy atom. The summed E-state index contributed by atoms with van der Waals surface area (Å²) in [7, 11) is 1.41. The van der Waals surface area contributed by atoms with Crippen LogP contribution < -0.4 is 10.5 Å². The highest BCUT2D eigenvalue weighted by Gasteiger charge is 2.33. The Kier molecular flexibility index (Phi) is 3.38. The maximum atomic E-state index is 13.0. The van der Waals surface area contributed by atoms with Crippen molar-refractivity contribution in [3.8, 4) is 16.9 Å². The minimum atomic E-state index is -4.42. The van der Waals surface area contributed by atoms with Gasteiger partial charge in [0.25, 0.3) is 0 Å². The zero-order chi connectivity index (χ0) is 14.0. The molecule has 0 unspecified atom stereocenters. The molecule has 0 heterocycles. The minimum Gasteiger partial charge on any atom is -0.496 e. The fourth-order valence-corrected chi connectivity index (χ4v) is 1.90. The summed E-state index contributed by atoms with van der Waals surface area (Å²) >= 11 is 0. The molecule has 0 aliphatic heterocycles. The Hall–Kier alpha value is -2.17. The third-order valence-corrected chi connectivity index (χ3v) is 2.75. The summed E-state index contributed by atoms with van der Waals surface area (Å²) in [5, 5.41) is 0. The molecular weight excluding hydrogens is 255 g/mol. The predicted octanol–water partition coefficient (Wildman–Crippen LogP) is 3.96. The fourth-order valence-electron chi connectivity index (χ4n) is 1.90. The molecule has 100 valence electrons. The van der Waals surface area contributed by atoms with E-state index in [0.29, 0.717) is 17.0 Å². The molecule has 0 saturated carbocycles. The van der Waals surface area contributed by atoms with Crippen molar-refractivity contribution >= 4 is 5.69 Å². The van der Waals surface area contributed by atoms with Gasteiger partial charge >= 0.3 is 6.18 Å². The SMILES string of the molecule is COc1ccc(N)cc1-c1ccccc1C(F)(F)F. The molecule has 0 radical (unpaired) electrons. The van der Waals surface area contributed by atoms with E-state index in [9.17, 15) is 13.2 Å². The summed E-state index contributed by atoms with van der Waals surface area (Å²) in [6.07, 6.45) is -4.42. The number of methoxy groups -OCH3 is 1. The zero-order valence-corrected chi connectivity index (χ0v) is 10.2. The first-order valence-corrected chi connectivity index (χ1v) is 5.53. The van der Waals surface area contributed by atoms with Crippen molar-refractivity contribution in [1.82, 2.24) is 0 Å². The van der Waals surface area contributed by atoms with Crippen molar-refractivity contribution in [3.63, 3.8) is 0 Å². The first-order chi connectivity index (χ1) is 8.93. The first kappa shape index (κ1) is 13.3.